The van der Waals surface area contributed by atoms with Gasteiger partial charge in [-0.2, -0.15) is 0 Å². The van der Waals surface area contributed by atoms with Gasteiger partial charge in [-0.15, -0.1) is 0 Å². The minimum absolute atomic E-state index is 0.154. The van der Waals surface area contributed by atoms with Crippen LogP contribution in [-0.4, -0.2) is 19.0 Å². The van der Waals surface area contributed by atoms with Crippen molar-refractivity contribution >= 4 is 35.4 Å². The molecule has 1 aromatic heterocycles. The molecule has 2 heterocycles. The topological polar surface area (TPSA) is 68.5 Å². The van der Waals surface area contributed by atoms with Gasteiger partial charge in [0, 0.05) is 16.5 Å². The molecule has 4 rings (SSSR count). The number of thioether (sulfide) groups is 1. The summed E-state index contributed by atoms with van der Waals surface area (Å²) >= 11 is 1.41. The summed E-state index contributed by atoms with van der Waals surface area (Å²) in [6, 6.07) is 18.3. The smallest absolute Gasteiger partial charge is 0.337 e. The Hall–Kier alpha value is -3.25. The maximum atomic E-state index is 12.3. The Morgan fingerprint density at radius 3 is 2.63 bits per heavy atom. The van der Waals surface area contributed by atoms with E-state index in [0.717, 1.165) is 16.1 Å². The summed E-state index contributed by atoms with van der Waals surface area (Å²) in [6.07, 6.45) is 1.72. The van der Waals surface area contributed by atoms with Crippen LogP contribution in [0.5, 0.6) is 0 Å². The highest BCUT2D eigenvalue weighted by Gasteiger charge is 2.21. The normalized spacial score (nSPS) is 14.6. The molecule has 0 fully saturated rings. The predicted octanol–water partition coefficient (Wildman–Crippen LogP) is 4.82. The molecule has 3 aromatic rings. The molecule has 1 aliphatic rings. The number of anilines is 1. The van der Waals surface area contributed by atoms with E-state index in [1.165, 1.54) is 18.9 Å². The van der Waals surface area contributed by atoms with E-state index in [1.807, 2.05) is 36.4 Å². The van der Waals surface area contributed by atoms with E-state index in [1.54, 1.807) is 30.3 Å². The monoisotopic (exact) mass is 377 g/mol. The Kier molecular flexibility index (Phi) is 4.56. The molecule has 1 aliphatic heterocycles. The van der Waals surface area contributed by atoms with E-state index in [-0.39, 0.29) is 11.9 Å². The predicted molar refractivity (Wildman–Crippen MR) is 104 cm³/mol. The van der Waals surface area contributed by atoms with Gasteiger partial charge in [-0.05, 0) is 36.4 Å². The number of nitrogens with one attached hydrogen (secondary N) is 1. The molecule has 1 amide bonds. The number of carbonyl (C=O) groups excluding carboxylic acids is 2. The molecule has 0 atom stereocenters. The van der Waals surface area contributed by atoms with Crippen LogP contribution in [0.4, 0.5) is 5.69 Å². The fourth-order valence-corrected chi connectivity index (χ4v) is 3.64. The zero-order valence-corrected chi connectivity index (χ0v) is 15.2. The number of hydrogen-bond acceptors (Lipinski definition) is 5. The summed E-state index contributed by atoms with van der Waals surface area (Å²) in [4.78, 5) is 25.4. The van der Waals surface area contributed by atoms with Gasteiger partial charge in [0.1, 0.15) is 11.5 Å². The summed E-state index contributed by atoms with van der Waals surface area (Å²) in [7, 11) is 1.35. The highest BCUT2D eigenvalue weighted by molar-refractivity contribution is 8.04. The highest BCUT2D eigenvalue weighted by Crippen LogP contribution is 2.38. The third-order valence-corrected chi connectivity index (χ3v) is 5.17. The van der Waals surface area contributed by atoms with Crippen LogP contribution >= 0.6 is 11.8 Å². The van der Waals surface area contributed by atoms with Gasteiger partial charge in [-0.25, -0.2) is 4.79 Å². The summed E-state index contributed by atoms with van der Waals surface area (Å²) < 4.78 is 10.5. The molecule has 0 unspecified atom stereocenters. The van der Waals surface area contributed by atoms with Gasteiger partial charge in [-0.1, -0.05) is 36.0 Å². The molecule has 5 nitrogen and oxygen atoms in total. The van der Waals surface area contributed by atoms with Crippen molar-refractivity contribution in [1.29, 1.82) is 0 Å². The van der Waals surface area contributed by atoms with Gasteiger partial charge in [0.25, 0.3) is 5.91 Å². The number of rotatable bonds is 3. The number of methoxy groups -OCH3 is 1. The number of fused-ring (bicyclic) bond motifs is 1. The van der Waals surface area contributed by atoms with E-state index in [4.69, 9.17) is 9.15 Å². The van der Waals surface area contributed by atoms with Crippen molar-refractivity contribution in [2.75, 3.05) is 12.4 Å². The first-order valence-electron chi connectivity index (χ1n) is 8.22. The second kappa shape index (κ2) is 7.17. The standard InChI is InChI=1S/C21H15NO4S/c1-25-21(24)14-8-6-13(7-9-14)17-11-10-15(26-17)12-19-20(23)22-16-4-2-3-5-18(16)27-19/h2-12H,1H3,(H,22,23)/b19-12-. The van der Waals surface area contributed by atoms with Crippen LogP contribution in [0.3, 0.4) is 0 Å². The Morgan fingerprint density at radius 2 is 1.85 bits per heavy atom. The zero-order chi connectivity index (χ0) is 18.8. The number of para-hydroxylation sites is 1. The van der Waals surface area contributed by atoms with Crippen LogP contribution in [-0.2, 0) is 9.53 Å². The molecular weight excluding hydrogens is 362 g/mol. The molecule has 1 N–H and O–H groups in total. The number of hydrogen-bond donors (Lipinski definition) is 1. The Balaban J connectivity index is 1.57. The fourth-order valence-electron chi connectivity index (χ4n) is 2.71. The SMILES string of the molecule is COC(=O)c1ccc(-c2ccc(/C=C3\Sc4ccccc4NC3=O)o2)cc1. The van der Waals surface area contributed by atoms with Crippen LogP contribution in [0.2, 0.25) is 0 Å². The number of esters is 1. The molecule has 0 aliphatic carbocycles. The molecule has 0 saturated heterocycles. The average molecular weight is 377 g/mol. The second-order valence-electron chi connectivity index (χ2n) is 5.83. The van der Waals surface area contributed by atoms with Gasteiger partial charge in [0.2, 0.25) is 0 Å². The van der Waals surface area contributed by atoms with Gasteiger partial charge in [0.15, 0.2) is 0 Å². The quantitative estimate of drug-likeness (QED) is 0.524. The molecule has 0 saturated carbocycles. The first-order valence-corrected chi connectivity index (χ1v) is 9.04. The van der Waals surface area contributed by atoms with E-state index in [2.05, 4.69) is 5.32 Å². The summed E-state index contributed by atoms with van der Waals surface area (Å²) in [5, 5.41) is 2.88. The second-order valence-corrected chi connectivity index (χ2v) is 6.92. The first-order chi connectivity index (χ1) is 13.1. The minimum atomic E-state index is -0.382. The maximum Gasteiger partial charge on any atom is 0.337 e. The van der Waals surface area contributed by atoms with Crippen LogP contribution in [0, 0.1) is 0 Å². The fraction of sp³-hybridized carbons (Fsp3) is 0.0476. The Bertz CT molecular complexity index is 1050. The van der Waals surface area contributed by atoms with E-state index < -0.39 is 0 Å². The Labute approximate surface area is 160 Å². The van der Waals surface area contributed by atoms with Crippen LogP contribution in [0.25, 0.3) is 17.4 Å². The maximum absolute atomic E-state index is 12.3. The van der Waals surface area contributed by atoms with Crippen molar-refractivity contribution in [3.05, 3.63) is 76.9 Å². The number of carbonyl (C=O) groups is 2. The lowest BCUT2D eigenvalue weighted by Crippen LogP contribution is -2.16. The van der Waals surface area contributed by atoms with Crippen molar-refractivity contribution in [3.8, 4) is 11.3 Å². The average Bonchev–Trinajstić information content (AvgIpc) is 3.16. The molecule has 27 heavy (non-hydrogen) atoms. The van der Waals surface area contributed by atoms with Crippen LogP contribution in [0.1, 0.15) is 16.1 Å². The van der Waals surface area contributed by atoms with Crippen LogP contribution < -0.4 is 5.32 Å². The third kappa shape index (κ3) is 3.52. The third-order valence-electron chi connectivity index (χ3n) is 4.07. The molecule has 0 radical (unpaired) electrons. The highest BCUT2D eigenvalue weighted by atomic mass is 32.2. The zero-order valence-electron chi connectivity index (χ0n) is 14.4. The van der Waals surface area contributed by atoms with E-state index in [9.17, 15) is 9.59 Å². The first kappa shape index (κ1) is 17.2. The number of ether oxygens (including phenoxy) is 1. The molecule has 0 spiro atoms. The van der Waals surface area contributed by atoms with Gasteiger partial charge >= 0.3 is 5.97 Å². The van der Waals surface area contributed by atoms with Crippen LogP contribution in [0.15, 0.2) is 74.9 Å². The lowest BCUT2D eigenvalue weighted by Gasteiger charge is -2.17. The lowest BCUT2D eigenvalue weighted by molar-refractivity contribution is -0.112. The van der Waals surface area contributed by atoms with Crippen molar-refractivity contribution in [3.63, 3.8) is 0 Å². The van der Waals surface area contributed by atoms with E-state index >= 15 is 0 Å². The van der Waals surface area contributed by atoms with Crippen molar-refractivity contribution in [2.24, 2.45) is 0 Å². The van der Waals surface area contributed by atoms with Crippen molar-refractivity contribution < 1.29 is 18.7 Å². The largest absolute Gasteiger partial charge is 0.465 e. The van der Waals surface area contributed by atoms with Crippen molar-refractivity contribution in [1.82, 2.24) is 0 Å². The summed E-state index contributed by atoms with van der Waals surface area (Å²) in [6.45, 7) is 0. The van der Waals surface area contributed by atoms with Gasteiger partial charge < -0.3 is 14.5 Å². The Morgan fingerprint density at radius 1 is 1.07 bits per heavy atom. The van der Waals surface area contributed by atoms with Crippen molar-refractivity contribution in [2.45, 2.75) is 4.90 Å². The molecular formula is C21H15NO4S. The number of benzene rings is 2. The molecule has 6 heteroatoms. The summed E-state index contributed by atoms with van der Waals surface area (Å²) in [5.74, 6) is 0.699. The van der Waals surface area contributed by atoms with Gasteiger partial charge in [0.05, 0.1) is 23.3 Å². The number of amides is 1. The lowest BCUT2D eigenvalue weighted by atomic mass is 10.1. The number of furan rings is 1. The molecule has 2 aromatic carbocycles. The van der Waals surface area contributed by atoms with Gasteiger partial charge in [-0.3, -0.25) is 4.79 Å². The minimum Gasteiger partial charge on any atom is -0.465 e. The summed E-state index contributed by atoms with van der Waals surface area (Å²) in [5.41, 5.74) is 2.12. The molecule has 134 valence electrons. The molecule has 0 bridgehead atoms. The van der Waals surface area contributed by atoms with E-state index in [0.29, 0.717) is 22.0 Å².